The number of hydrogen-bond acceptors (Lipinski definition) is 9. The van der Waals surface area contributed by atoms with Gasteiger partial charge in [0.25, 0.3) is 10.1 Å². The van der Waals surface area contributed by atoms with E-state index in [0.717, 1.165) is 16.7 Å². The van der Waals surface area contributed by atoms with E-state index in [2.05, 4.69) is 22.5 Å². The first-order valence-electron chi connectivity index (χ1n) is 10.3. The van der Waals surface area contributed by atoms with Crippen molar-refractivity contribution in [3.63, 3.8) is 0 Å². The fraction of sp³-hybridized carbons (Fsp3) is 0.304. The molecule has 0 radical (unpaired) electrons. The van der Waals surface area contributed by atoms with Crippen molar-refractivity contribution in [2.24, 2.45) is 0 Å². The summed E-state index contributed by atoms with van der Waals surface area (Å²) in [6, 6.07) is 7.85. The lowest BCUT2D eigenvalue weighted by atomic mass is 10.0. The molecule has 0 spiro atoms. The molecule has 178 valence electrons. The molecule has 0 bridgehead atoms. The summed E-state index contributed by atoms with van der Waals surface area (Å²) in [7, 11) is -3.97. The molecule has 34 heavy (non-hydrogen) atoms. The van der Waals surface area contributed by atoms with Gasteiger partial charge in [0.1, 0.15) is 42.7 Å². The molecule has 3 N–H and O–H groups in total. The molecule has 1 saturated heterocycles. The highest BCUT2D eigenvalue weighted by Crippen LogP contribution is 2.39. The lowest BCUT2D eigenvalue weighted by Crippen LogP contribution is -2.36. The van der Waals surface area contributed by atoms with Gasteiger partial charge in [0.05, 0.1) is 17.4 Å². The number of aromatic nitrogens is 3. The minimum atomic E-state index is -3.97. The number of aliphatic hydroxyl groups excluding tert-OH is 1. The Bertz CT molecular complexity index is 1350. The number of hydrogen-bond donors (Lipinski definition) is 2. The minimum absolute atomic E-state index is 0.0960. The second-order valence-electron chi connectivity index (χ2n) is 7.75. The highest BCUT2D eigenvalue weighted by Gasteiger charge is 2.46. The third-order valence-corrected chi connectivity index (χ3v) is 6.42. The molecule has 0 amide bonds. The molecule has 0 saturated carbocycles. The fourth-order valence-corrected chi connectivity index (χ4v) is 4.29. The number of rotatable bonds is 8. The maximum atomic E-state index is 11.7. The second kappa shape index (κ2) is 9.54. The summed E-state index contributed by atoms with van der Waals surface area (Å²) in [5.41, 5.74) is 9.40. The number of nitrogen functional groups attached to an aromatic ring is 1. The lowest BCUT2D eigenvalue weighted by Gasteiger charge is -2.21. The molecule has 0 unspecified atom stereocenters. The Labute approximate surface area is 197 Å². The van der Waals surface area contributed by atoms with Crippen LogP contribution in [-0.4, -0.2) is 59.6 Å². The summed E-state index contributed by atoms with van der Waals surface area (Å²) in [5.74, 6) is 2.64. The van der Waals surface area contributed by atoms with Crippen LogP contribution in [0.15, 0.2) is 48.8 Å². The van der Waals surface area contributed by atoms with Crippen LogP contribution in [0.5, 0.6) is 0 Å². The van der Waals surface area contributed by atoms with Crippen molar-refractivity contribution in [3.05, 3.63) is 54.3 Å². The average Bonchev–Trinajstić information content (AvgIpc) is 3.35. The predicted octanol–water partition coefficient (Wildman–Crippen LogP) is 1.76. The van der Waals surface area contributed by atoms with Crippen molar-refractivity contribution in [2.45, 2.75) is 31.5 Å². The van der Waals surface area contributed by atoms with Crippen LogP contribution in [0.3, 0.4) is 0 Å². The normalized spacial score (nSPS) is 22.6. The average molecular weight is 485 g/mol. The summed E-state index contributed by atoms with van der Waals surface area (Å²) >= 11 is 0. The molecule has 1 aliphatic heterocycles. The molecular weight excluding hydrogens is 460 g/mol. The molecule has 1 fully saturated rings. The fourth-order valence-electron chi connectivity index (χ4n) is 3.87. The standard InChI is InChI=1S/C23H24N4O6S/c1-4-10-31-20-19(28)17(12-32-34(29,30)5-2)33-23(20)27-11-16(15-8-6-14(3)7-9-15)18-21(24)25-13-26-22(18)27/h1,5-9,11,13,17,19-20,23,28H,2,10,12H2,3H3,(H2,24,25,26)/t17-,19-,20-,23-/m1/s1. The second-order valence-corrected chi connectivity index (χ2v) is 9.31. The summed E-state index contributed by atoms with van der Waals surface area (Å²) in [4.78, 5) is 8.51. The van der Waals surface area contributed by atoms with E-state index >= 15 is 0 Å². The van der Waals surface area contributed by atoms with Crippen LogP contribution >= 0.6 is 0 Å². The van der Waals surface area contributed by atoms with Gasteiger partial charge in [0.2, 0.25) is 0 Å². The molecule has 2 aromatic heterocycles. The van der Waals surface area contributed by atoms with Gasteiger partial charge in [-0.1, -0.05) is 42.3 Å². The van der Waals surface area contributed by atoms with E-state index in [1.165, 1.54) is 6.33 Å². The number of benzene rings is 1. The maximum absolute atomic E-state index is 11.7. The van der Waals surface area contributed by atoms with Crippen molar-refractivity contribution < 1.29 is 27.2 Å². The Hall–Kier alpha value is -3.27. The first kappa shape index (κ1) is 23.9. The topological polar surface area (TPSA) is 139 Å². The molecule has 4 rings (SSSR count). The Balaban J connectivity index is 1.78. The third-order valence-electron chi connectivity index (χ3n) is 5.55. The lowest BCUT2D eigenvalue weighted by molar-refractivity contribution is -0.0613. The van der Waals surface area contributed by atoms with Crippen molar-refractivity contribution in [3.8, 4) is 23.5 Å². The van der Waals surface area contributed by atoms with Gasteiger partial charge in [-0.2, -0.15) is 8.42 Å². The van der Waals surface area contributed by atoms with E-state index in [1.54, 1.807) is 10.8 Å². The number of fused-ring (bicyclic) bond motifs is 1. The maximum Gasteiger partial charge on any atom is 0.289 e. The van der Waals surface area contributed by atoms with Gasteiger partial charge in [-0.3, -0.25) is 4.18 Å². The zero-order valence-corrected chi connectivity index (χ0v) is 19.2. The van der Waals surface area contributed by atoms with Gasteiger partial charge < -0.3 is 24.9 Å². The van der Waals surface area contributed by atoms with Crippen LogP contribution < -0.4 is 5.73 Å². The predicted molar refractivity (Wildman–Crippen MR) is 126 cm³/mol. The van der Waals surface area contributed by atoms with Gasteiger partial charge in [-0.05, 0) is 12.5 Å². The monoisotopic (exact) mass is 484 g/mol. The van der Waals surface area contributed by atoms with E-state index in [-0.39, 0.29) is 12.4 Å². The van der Waals surface area contributed by atoms with Crippen LogP contribution in [0.4, 0.5) is 5.82 Å². The quantitative estimate of drug-likeness (QED) is 0.362. The van der Waals surface area contributed by atoms with Gasteiger partial charge in [0, 0.05) is 11.8 Å². The largest absolute Gasteiger partial charge is 0.387 e. The van der Waals surface area contributed by atoms with Crippen molar-refractivity contribution in [1.82, 2.24) is 14.5 Å². The van der Waals surface area contributed by atoms with Crippen molar-refractivity contribution in [1.29, 1.82) is 0 Å². The number of aryl methyl sites for hydroxylation is 1. The summed E-state index contributed by atoms with van der Waals surface area (Å²) in [6.07, 6.45) is 4.36. The molecule has 10 nitrogen and oxygen atoms in total. The number of ether oxygens (including phenoxy) is 2. The van der Waals surface area contributed by atoms with Gasteiger partial charge in [-0.25, -0.2) is 9.97 Å². The molecule has 1 aliphatic rings. The molecule has 4 atom stereocenters. The number of aliphatic hydroxyl groups is 1. The number of nitrogens with two attached hydrogens (primary N) is 1. The van der Waals surface area contributed by atoms with Gasteiger partial charge in [0.15, 0.2) is 6.23 Å². The van der Waals surface area contributed by atoms with Crippen molar-refractivity contribution in [2.75, 3.05) is 18.9 Å². The highest BCUT2D eigenvalue weighted by atomic mass is 32.2. The van der Waals surface area contributed by atoms with E-state index in [1.807, 2.05) is 31.2 Å². The molecule has 11 heteroatoms. The van der Waals surface area contributed by atoms with Crippen LogP contribution in [0, 0.1) is 19.3 Å². The Morgan fingerprint density at radius 3 is 2.76 bits per heavy atom. The van der Waals surface area contributed by atoms with E-state index in [0.29, 0.717) is 16.4 Å². The smallest absolute Gasteiger partial charge is 0.289 e. The summed E-state index contributed by atoms with van der Waals surface area (Å²) in [5, 5.41) is 12.1. The molecule has 3 aromatic rings. The molecule has 0 aliphatic carbocycles. The Morgan fingerprint density at radius 2 is 2.09 bits per heavy atom. The molecular formula is C23H24N4O6S. The number of anilines is 1. The molecule has 1 aromatic carbocycles. The van der Waals surface area contributed by atoms with E-state index in [9.17, 15) is 13.5 Å². The third kappa shape index (κ3) is 4.54. The van der Waals surface area contributed by atoms with Crippen LogP contribution in [-0.2, 0) is 23.8 Å². The van der Waals surface area contributed by atoms with Crippen LogP contribution in [0.1, 0.15) is 11.8 Å². The minimum Gasteiger partial charge on any atom is -0.387 e. The zero-order valence-electron chi connectivity index (χ0n) is 18.4. The Kier molecular flexibility index (Phi) is 6.70. The van der Waals surface area contributed by atoms with Crippen molar-refractivity contribution >= 4 is 27.0 Å². The van der Waals surface area contributed by atoms with E-state index in [4.69, 9.17) is 25.8 Å². The van der Waals surface area contributed by atoms with Gasteiger partial charge >= 0.3 is 0 Å². The Morgan fingerprint density at radius 1 is 1.35 bits per heavy atom. The highest BCUT2D eigenvalue weighted by molar-refractivity contribution is 7.89. The number of nitrogens with zero attached hydrogens (tertiary/aromatic N) is 3. The SMILES string of the molecule is C#CCO[C@@H]1[C@H](O)[C@@H](COS(=O)(=O)C=C)O[C@H]1n1cc(-c2ccc(C)cc2)c2c(N)ncnc21. The number of terminal acetylenes is 1. The first-order valence-corrected chi connectivity index (χ1v) is 11.8. The van der Waals surface area contributed by atoms with Crippen LogP contribution in [0.25, 0.3) is 22.2 Å². The summed E-state index contributed by atoms with van der Waals surface area (Å²) in [6.45, 7) is 4.65. The zero-order chi connectivity index (χ0) is 24.5. The summed E-state index contributed by atoms with van der Waals surface area (Å²) < 4.78 is 41.7. The molecule has 3 heterocycles. The first-order chi connectivity index (χ1) is 16.3. The van der Waals surface area contributed by atoms with E-state index < -0.39 is 41.3 Å². The van der Waals surface area contributed by atoms with Gasteiger partial charge in [-0.15, -0.1) is 6.42 Å². The van der Waals surface area contributed by atoms with Crippen LogP contribution in [0.2, 0.25) is 0 Å².